The van der Waals surface area contributed by atoms with Crippen LogP contribution in [0.25, 0.3) is 0 Å². The number of nitrogens with one attached hydrogen (secondary N) is 1. The van der Waals surface area contributed by atoms with Gasteiger partial charge in [-0.2, -0.15) is 0 Å². The van der Waals surface area contributed by atoms with E-state index >= 15 is 0 Å². The molecule has 0 spiro atoms. The minimum Gasteiger partial charge on any atom is -0.376 e. The Labute approximate surface area is 119 Å². The van der Waals surface area contributed by atoms with Gasteiger partial charge in [0.1, 0.15) is 6.04 Å². The molecule has 1 saturated heterocycles. The Morgan fingerprint density at radius 3 is 2.65 bits per heavy atom. The van der Waals surface area contributed by atoms with Crippen LogP contribution in [0, 0.1) is 0 Å². The highest BCUT2D eigenvalue weighted by atomic mass is 16.2. The summed E-state index contributed by atoms with van der Waals surface area (Å²) in [5.74, 6) is -0.0947. The summed E-state index contributed by atoms with van der Waals surface area (Å²) in [7, 11) is 3.89. The summed E-state index contributed by atoms with van der Waals surface area (Å²) in [4.78, 5) is 28.0. The van der Waals surface area contributed by atoms with Crippen molar-refractivity contribution < 1.29 is 9.59 Å². The molecule has 2 amide bonds. The molecule has 108 valence electrons. The van der Waals surface area contributed by atoms with E-state index in [0.29, 0.717) is 19.4 Å². The lowest BCUT2D eigenvalue weighted by Crippen LogP contribution is -2.44. The van der Waals surface area contributed by atoms with Crippen molar-refractivity contribution in [3.05, 3.63) is 24.3 Å². The van der Waals surface area contributed by atoms with E-state index in [0.717, 1.165) is 11.4 Å². The first-order chi connectivity index (χ1) is 9.54. The molecular weight excluding hydrogens is 254 g/mol. The van der Waals surface area contributed by atoms with Gasteiger partial charge in [0.15, 0.2) is 0 Å². The molecule has 0 aromatic heterocycles. The van der Waals surface area contributed by atoms with E-state index in [-0.39, 0.29) is 11.8 Å². The number of para-hydroxylation sites is 2. The Morgan fingerprint density at radius 2 is 2.00 bits per heavy atom. The van der Waals surface area contributed by atoms with Crippen LogP contribution in [0.2, 0.25) is 0 Å². The van der Waals surface area contributed by atoms with Gasteiger partial charge in [-0.15, -0.1) is 0 Å². The summed E-state index contributed by atoms with van der Waals surface area (Å²) < 4.78 is 0. The average molecular weight is 275 g/mol. The molecule has 1 aromatic rings. The van der Waals surface area contributed by atoms with E-state index < -0.39 is 6.04 Å². The third-order valence-corrected chi connectivity index (χ3v) is 3.52. The van der Waals surface area contributed by atoms with Crippen molar-refractivity contribution in [2.45, 2.75) is 25.8 Å². The molecule has 20 heavy (non-hydrogen) atoms. The summed E-state index contributed by atoms with van der Waals surface area (Å²) in [5, 5.41) is 2.78. The molecule has 5 nitrogen and oxygen atoms in total. The molecule has 1 aliphatic heterocycles. The maximum Gasteiger partial charge on any atom is 0.249 e. The monoisotopic (exact) mass is 275 g/mol. The van der Waals surface area contributed by atoms with Crippen molar-refractivity contribution >= 4 is 23.2 Å². The Kier molecular flexibility index (Phi) is 4.27. The summed E-state index contributed by atoms with van der Waals surface area (Å²) in [6, 6.07) is 7.33. The zero-order valence-electron chi connectivity index (χ0n) is 12.2. The third kappa shape index (κ3) is 2.76. The van der Waals surface area contributed by atoms with E-state index in [1.165, 1.54) is 0 Å². The summed E-state index contributed by atoms with van der Waals surface area (Å²) in [6.07, 6.45) is 0.940. The number of hydrogen-bond donors (Lipinski definition) is 1. The fourth-order valence-corrected chi connectivity index (χ4v) is 2.43. The second-order valence-electron chi connectivity index (χ2n) is 5.15. The maximum atomic E-state index is 12.6. The van der Waals surface area contributed by atoms with Crippen LogP contribution in [0.3, 0.4) is 0 Å². The molecule has 1 fully saturated rings. The molecule has 2 rings (SSSR count). The quantitative estimate of drug-likeness (QED) is 0.907. The minimum atomic E-state index is -0.430. The number of amides is 2. The standard InChI is InChI=1S/C15H21N3O2/c1-4-11-15(20)18(10-9-14(19)16-11)13-8-6-5-7-12(13)17(2)3/h5-8,11H,4,9-10H2,1-3H3,(H,16,19). The highest BCUT2D eigenvalue weighted by Crippen LogP contribution is 2.29. The van der Waals surface area contributed by atoms with E-state index in [2.05, 4.69) is 5.32 Å². The number of anilines is 2. The molecule has 1 unspecified atom stereocenters. The molecule has 1 N–H and O–H groups in total. The topological polar surface area (TPSA) is 52.7 Å². The molecule has 1 heterocycles. The average Bonchev–Trinajstić information content (AvgIpc) is 2.58. The normalized spacial score (nSPS) is 19.6. The number of rotatable bonds is 3. The van der Waals surface area contributed by atoms with Gasteiger partial charge in [0.2, 0.25) is 11.8 Å². The largest absolute Gasteiger partial charge is 0.376 e. The van der Waals surface area contributed by atoms with E-state index in [9.17, 15) is 9.59 Å². The first-order valence-electron chi connectivity index (χ1n) is 6.91. The van der Waals surface area contributed by atoms with Crippen LogP contribution in [-0.2, 0) is 9.59 Å². The second kappa shape index (κ2) is 5.94. The van der Waals surface area contributed by atoms with E-state index in [4.69, 9.17) is 0 Å². The number of carbonyl (C=O) groups is 2. The van der Waals surface area contributed by atoms with Gasteiger partial charge in [-0.3, -0.25) is 9.59 Å². The van der Waals surface area contributed by atoms with Crippen molar-refractivity contribution in [2.75, 3.05) is 30.4 Å². The number of nitrogens with zero attached hydrogens (tertiary/aromatic N) is 2. The van der Waals surface area contributed by atoms with Gasteiger partial charge in [0, 0.05) is 27.1 Å². The summed E-state index contributed by atoms with van der Waals surface area (Å²) in [6.45, 7) is 2.33. The van der Waals surface area contributed by atoms with Crippen LogP contribution < -0.4 is 15.1 Å². The van der Waals surface area contributed by atoms with Crippen LogP contribution in [0.5, 0.6) is 0 Å². The fraction of sp³-hybridized carbons (Fsp3) is 0.467. The van der Waals surface area contributed by atoms with Gasteiger partial charge in [-0.05, 0) is 18.6 Å². The van der Waals surface area contributed by atoms with Crippen molar-refractivity contribution in [3.8, 4) is 0 Å². The van der Waals surface area contributed by atoms with Crippen LogP contribution >= 0.6 is 0 Å². The Balaban J connectivity index is 2.40. The zero-order valence-corrected chi connectivity index (χ0v) is 12.2. The lowest BCUT2D eigenvalue weighted by atomic mass is 10.1. The lowest BCUT2D eigenvalue weighted by molar-refractivity contribution is -0.125. The Morgan fingerprint density at radius 1 is 1.30 bits per heavy atom. The number of hydrogen-bond acceptors (Lipinski definition) is 3. The first kappa shape index (κ1) is 14.4. The van der Waals surface area contributed by atoms with Gasteiger partial charge in [-0.1, -0.05) is 19.1 Å². The molecule has 1 atom stereocenters. The minimum absolute atomic E-state index is 0.0346. The lowest BCUT2D eigenvalue weighted by Gasteiger charge is -2.28. The highest BCUT2D eigenvalue weighted by Gasteiger charge is 2.30. The molecule has 0 bridgehead atoms. The van der Waals surface area contributed by atoms with E-state index in [1.807, 2.05) is 50.2 Å². The highest BCUT2D eigenvalue weighted by molar-refractivity contribution is 6.03. The van der Waals surface area contributed by atoms with Crippen LogP contribution in [0.15, 0.2) is 24.3 Å². The van der Waals surface area contributed by atoms with Crippen molar-refractivity contribution in [1.29, 1.82) is 0 Å². The van der Waals surface area contributed by atoms with Crippen LogP contribution in [0.4, 0.5) is 11.4 Å². The van der Waals surface area contributed by atoms with Gasteiger partial charge in [0.25, 0.3) is 0 Å². The van der Waals surface area contributed by atoms with Gasteiger partial charge >= 0.3 is 0 Å². The maximum absolute atomic E-state index is 12.6. The SMILES string of the molecule is CCC1NC(=O)CCN(c2ccccc2N(C)C)C1=O. The molecule has 0 saturated carbocycles. The second-order valence-corrected chi connectivity index (χ2v) is 5.15. The molecule has 1 aromatic carbocycles. The molecular formula is C15H21N3O2. The molecule has 5 heteroatoms. The van der Waals surface area contributed by atoms with Crippen LogP contribution in [0.1, 0.15) is 19.8 Å². The Bertz CT molecular complexity index is 514. The Hall–Kier alpha value is -2.04. The molecule has 0 aliphatic carbocycles. The van der Waals surface area contributed by atoms with Gasteiger partial charge in [-0.25, -0.2) is 0 Å². The summed E-state index contributed by atoms with van der Waals surface area (Å²) >= 11 is 0. The molecule has 1 aliphatic rings. The fourth-order valence-electron chi connectivity index (χ4n) is 2.43. The third-order valence-electron chi connectivity index (χ3n) is 3.52. The number of benzene rings is 1. The zero-order chi connectivity index (χ0) is 14.7. The van der Waals surface area contributed by atoms with E-state index in [1.54, 1.807) is 4.90 Å². The van der Waals surface area contributed by atoms with Crippen molar-refractivity contribution in [3.63, 3.8) is 0 Å². The van der Waals surface area contributed by atoms with Crippen molar-refractivity contribution in [2.24, 2.45) is 0 Å². The smallest absolute Gasteiger partial charge is 0.249 e. The van der Waals surface area contributed by atoms with Crippen molar-refractivity contribution in [1.82, 2.24) is 5.32 Å². The van der Waals surface area contributed by atoms with Crippen LogP contribution in [-0.4, -0.2) is 38.5 Å². The summed E-state index contributed by atoms with van der Waals surface area (Å²) in [5.41, 5.74) is 1.84. The predicted octanol–water partition coefficient (Wildman–Crippen LogP) is 1.38. The first-order valence-corrected chi connectivity index (χ1v) is 6.91. The molecule has 0 radical (unpaired) electrons. The number of carbonyl (C=O) groups excluding carboxylic acids is 2. The van der Waals surface area contributed by atoms with Gasteiger partial charge in [0.05, 0.1) is 11.4 Å². The predicted molar refractivity (Wildman–Crippen MR) is 80.0 cm³/mol. The van der Waals surface area contributed by atoms with Gasteiger partial charge < -0.3 is 15.1 Å².